The molecule has 0 aliphatic carbocycles. The van der Waals surface area contributed by atoms with Crippen LogP contribution in [-0.2, 0) is 4.74 Å². The van der Waals surface area contributed by atoms with Crippen molar-refractivity contribution in [3.05, 3.63) is 10.6 Å². The van der Waals surface area contributed by atoms with Gasteiger partial charge in [0.15, 0.2) is 4.77 Å². The minimum atomic E-state index is 0.315. The van der Waals surface area contributed by atoms with Gasteiger partial charge in [-0.15, -0.1) is 0 Å². The standard InChI is InChI=1S/C11H19N3OS/c1-7(2)10-12-13-11(16)14(10)9-4-5-15-8(3)6-9/h7-9H,4-6H2,1-3H3,(H,13,16). The van der Waals surface area contributed by atoms with Crippen LogP contribution in [0.1, 0.15) is 51.4 Å². The summed E-state index contributed by atoms with van der Waals surface area (Å²) in [5, 5.41) is 7.23. The molecule has 1 fully saturated rings. The number of hydrogen-bond donors (Lipinski definition) is 1. The van der Waals surface area contributed by atoms with E-state index < -0.39 is 0 Å². The molecule has 0 radical (unpaired) electrons. The van der Waals surface area contributed by atoms with Crippen LogP contribution in [0.2, 0.25) is 0 Å². The first-order chi connectivity index (χ1) is 7.59. The highest BCUT2D eigenvalue weighted by molar-refractivity contribution is 7.71. The van der Waals surface area contributed by atoms with Crippen molar-refractivity contribution in [3.8, 4) is 0 Å². The van der Waals surface area contributed by atoms with Crippen LogP contribution < -0.4 is 0 Å². The summed E-state index contributed by atoms with van der Waals surface area (Å²) >= 11 is 5.32. The van der Waals surface area contributed by atoms with Crippen molar-refractivity contribution in [1.29, 1.82) is 0 Å². The molecule has 1 aliphatic heterocycles. The Morgan fingerprint density at radius 2 is 2.31 bits per heavy atom. The Morgan fingerprint density at radius 1 is 1.56 bits per heavy atom. The third-order valence-electron chi connectivity index (χ3n) is 3.07. The van der Waals surface area contributed by atoms with E-state index in [2.05, 4.69) is 35.5 Å². The lowest BCUT2D eigenvalue weighted by Gasteiger charge is -2.29. The van der Waals surface area contributed by atoms with E-state index in [-0.39, 0.29) is 0 Å². The van der Waals surface area contributed by atoms with E-state index in [1.165, 1.54) is 0 Å². The van der Waals surface area contributed by atoms with Gasteiger partial charge in [-0.2, -0.15) is 5.10 Å². The number of aromatic amines is 1. The molecule has 1 aromatic rings. The van der Waals surface area contributed by atoms with Crippen LogP contribution in [0.25, 0.3) is 0 Å². The summed E-state index contributed by atoms with van der Waals surface area (Å²) in [6.45, 7) is 7.22. The van der Waals surface area contributed by atoms with E-state index in [4.69, 9.17) is 17.0 Å². The average molecular weight is 241 g/mol. The normalized spacial score (nSPS) is 26.2. The lowest BCUT2D eigenvalue weighted by molar-refractivity contribution is 0.00499. The van der Waals surface area contributed by atoms with E-state index in [0.717, 1.165) is 30.0 Å². The van der Waals surface area contributed by atoms with Gasteiger partial charge in [0.25, 0.3) is 0 Å². The molecule has 1 aliphatic rings. The van der Waals surface area contributed by atoms with Crippen LogP contribution in [0.15, 0.2) is 0 Å². The summed E-state index contributed by atoms with van der Waals surface area (Å²) in [5.74, 6) is 1.45. The fourth-order valence-electron chi connectivity index (χ4n) is 2.29. The second-order valence-electron chi connectivity index (χ2n) is 4.77. The van der Waals surface area contributed by atoms with Crippen molar-refractivity contribution in [2.24, 2.45) is 0 Å². The van der Waals surface area contributed by atoms with Crippen LogP contribution in [0.4, 0.5) is 0 Å². The van der Waals surface area contributed by atoms with Gasteiger partial charge in [0, 0.05) is 18.6 Å². The Labute approximate surface area is 101 Å². The second-order valence-corrected chi connectivity index (χ2v) is 5.16. The molecular formula is C11H19N3OS. The van der Waals surface area contributed by atoms with E-state index >= 15 is 0 Å². The number of hydrogen-bond acceptors (Lipinski definition) is 3. The number of nitrogens with zero attached hydrogens (tertiary/aromatic N) is 2. The van der Waals surface area contributed by atoms with Crippen LogP contribution in [0.5, 0.6) is 0 Å². The van der Waals surface area contributed by atoms with Gasteiger partial charge in [-0.05, 0) is 32.0 Å². The fraction of sp³-hybridized carbons (Fsp3) is 0.818. The molecule has 2 rings (SSSR count). The van der Waals surface area contributed by atoms with Gasteiger partial charge in [-0.3, -0.25) is 5.10 Å². The van der Waals surface area contributed by atoms with Crippen molar-refractivity contribution in [3.63, 3.8) is 0 Å². The van der Waals surface area contributed by atoms with Gasteiger partial charge in [0.05, 0.1) is 6.10 Å². The maximum Gasteiger partial charge on any atom is 0.195 e. The van der Waals surface area contributed by atoms with E-state index in [1.807, 2.05) is 0 Å². The summed E-state index contributed by atoms with van der Waals surface area (Å²) in [5.41, 5.74) is 0. The number of aromatic nitrogens is 3. The Hall–Kier alpha value is -0.680. The fourth-order valence-corrected chi connectivity index (χ4v) is 2.57. The third kappa shape index (κ3) is 2.20. The van der Waals surface area contributed by atoms with Crippen molar-refractivity contribution in [2.75, 3.05) is 6.61 Å². The van der Waals surface area contributed by atoms with Gasteiger partial charge in [-0.1, -0.05) is 13.8 Å². The van der Waals surface area contributed by atoms with Gasteiger partial charge in [-0.25, -0.2) is 0 Å². The van der Waals surface area contributed by atoms with Crippen LogP contribution in [0.3, 0.4) is 0 Å². The number of H-pyrrole nitrogens is 1. The number of ether oxygens (including phenoxy) is 1. The highest BCUT2D eigenvalue weighted by Crippen LogP contribution is 2.28. The van der Waals surface area contributed by atoms with Crippen molar-refractivity contribution < 1.29 is 4.74 Å². The summed E-state index contributed by atoms with van der Waals surface area (Å²) in [6.07, 6.45) is 2.36. The lowest BCUT2D eigenvalue weighted by atomic mass is 10.0. The summed E-state index contributed by atoms with van der Waals surface area (Å²) in [7, 11) is 0. The predicted molar refractivity (Wildman–Crippen MR) is 65.2 cm³/mol. The molecule has 90 valence electrons. The molecule has 0 bridgehead atoms. The number of nitrogens with one attached hydrogen (secondary N) is 1. The zero-order chi connectivity index (χ0) is 11.7. The Kier molecular flexibility index (Phi) is 3.44. The van der Waals surface area contributed by atoms with Crippen LogP contribution in [0, 0.1) is 4.77 Å². The molecular weight excluding hydrogens is 222 g/mol. The average Bonchev–Trinajstić information content (AvgIpc) is 2.60. The zero-order valence-corrected chi connectivity index (χ0v) is 10.9. The van der Waals surface area contributed by atoms with Crippen LogP contribution in [-0.4, -0.2) is 27.5 Å². The van der Waals surface area contributed by atoms with Gasteiger partial charge in [0.2, 0.25) is 0 Å². The Balaban J connectivity index is 2.31. The smallest absolute Gasteiger partial charge is 0.195 e. The summed E-state index contributed by atoms with van der Waals surface area (Å²) in [4.78, 5) is 0. The molecule has 1 saturated heterocycles. The third-order valence-corrected chi connectivity index (χ3v) is 3.36. The molecule has 1 N–H and O–H groups in total. The van der Waals surface area contributed by atoms with Gasteiger partial charge >= 0.3 is 0 Å². The quantitative estimate of drug-likeness (QED) is 0.810. The molecule has 2 unspecified atom stereocenters. The van der Waals surface area contributed by atoms with Crippen molar-refractivity contribution >= 4 is 12.2 Å². The Bertz CT molecular complexity index is 410. The largest absolute Gasteiger partial charge is 0.378 e. The van der Waals surface area contributed by atoms with Crippen LogP contribution >= 0.6 is 12.2 Å². The molecule has 0 spiro atoms. The SMILES string of the molecule is CC1CC(n2c(C(C)C)n[nH]c2=S)CCO1. The number of rotatable bonds is 2. The maximum absolute atomic E-state index is 5.57. The summed E-state index contributed by atoms with van der Waals surface area (Å²) < 4.78 is 8.49. The highest BCUT2D eigenvalue weighted by Gasteiger charge is 2.24. The minimum Gasteiger partial charge on any atom is -0.378 e. The predicted octanol–water partition coefficient (Wildman–Crippen LogP) is 2.80. The van der Waals surface area contributed by atoms with E-state index in [1.54, 1.807) is 0 Å². The van der Waals surface area contributed by atoms with E-state index in [9.17, 15) is 0 Å². The first-order valence-corrected chi connectivity index (χ1v) is 6.28. The van der Waals surface area contributed by atoms with E-state index in [0.29, 0.717) is 18.1 Å². The first kappa shape index (κ1) is 11.8. The first-order valence-electron chi connectivity index (χ1n) is 5.88. The molecule has 2 heterocycles. The lowest BCUT2D eigenvalue weighted by Crippen LogP contribution is -2.26. The monoisotopic (exact) mass is 241 g/mol. The molecule has 1 aromatic heterocycles. The molecule has 5 heteroatoms. The summed E-state index contributed by atoms with van der Waals surface area (Å²) in [6, 6.07) is 0.437. The molecule has 0 saturated carbocycles. The molecule has 4 nitrogen and oxygen atoms in total. The highest BCUT2D eigenvalue weighted by atomic mass is 32.1. The van der Waals surface area contributed by atoms with Crippen molar-refractivity contribution in [1.82, 2.24) is 14.8 Å². The maximum atomic E-state index is 5.57. The molecule has 0 amide bonds. The van der Waals surface area contributed by atoms with Gasteiger partial charge in [0.1, 0.15) is 5.82 Å². The molecule has 2 atom stereocenters. The van der Waals surface area contributed by atoms with Gasteiger partial charge < -0.3 is 9.30 Å². The minimum absolute atomic E-state index is 0.315. The zero-order valence-electron chi connectivity index (χ0n) is 10.1. The molecule has 16 heavy (non-hydrogen) atoms. The second kappa shape index (κ2) is 4.67. The van der Waals surface area contributed by atoms with Crippen molar-refractivity contribution in [2.45, 2.75) is 51.7 Å². The molecule has 0 aromatic carbocycles. The Morgan fingerprint density at radius 3 is 2.94 bits per heavy atom. The topological polar surface area (TPSA) is 42.8 Å².